The summed E-state index contributed by atoms with van der Waals surface area (Å²) in [5.41, 5.74) is 5.11. The molecule has 0 aromatic heterocycles. The second-order valence-corrected chi connectivity index (χ2v) is 8.87. The van der Waals surface area contributed by atoms with Gasteiger partial charge < -0.3 is 5.32 Å². The number of amidine groups is 1. The molecule has 1 N–H and O–H groups in total. The molecule has 0 fully saturated rings. The summed E-state index contributed by atoms with van der Waals surface area (Å²) in [6.07, 6.45) is 0. The van der Waals surface area contributed by atoms with E-state index in [9.17, 15) is 4.79 Å². The summed E-state index contributed by atoms with van der Waals surface area (Å²) in [4.78, 5) is 18.9. The standard InChI is InChI=1S/C23H18Cl3N5O2/c1-12-19(13(2)21(26)14(3)20(12)25)22-28-33-31-29(22)17-6-4-5-7-18(17)30(31)23(32)27-16-10-8-15(24)9-11-16/h4-11H,1-3H3,(H,27,32). The van der Waals surface area contributed by atoms with Crippen molar-refractivity contribution in [3.63, 3.8) is 0 Å². The van der Waals surface area contributed by atoms with Crippen LogP contribution >= 0.6 is 34.8 Å². The Hall–Kier alpha value is -2.97. The molecule has 0 spiro atoms. The number of hydrogen-bond donors (Lipinski definition) is 1. The molecular formula is C23H18Cl3N5O2. The van der Waals surface area contributed by atoms with Crippen LogP contribution in [0.15, 0.2) is 53.7 Å². The Kier molecular flexibility index (Phi) is 5.37. The summed E-state index contributed by atoms with van der Waals surface area (Å²) in [5.74, 6) is 0.475. The van der Waals surface area contributed by atoms with Crippen LogP contribution in [0.25, 0.3) is 0 Å². The number of amides is 2. The van der Waals surface area contributed by atoms with Crippen LogP contribution in [-0.2, 0) is 4.94 Å². The lowest BCUT2D eigenvalue weighted by molar-refractivity contribution is -0.133. The maximum Gasteiger partial charge on any atom is 0.345 e. The summed E-state index contributed by atoms with van der Waals surface area (Å²) in [6, 6.07) is 13.8. The largest absolute Gasteiger partial charge is 0.345 e. The number of hydrazine groups is 2. The van der Waals surface area contributed by atoms with Crippen LogP contribution in [0.4, 0.5) is 21.9 Å². The van der Waals surface area contributed by atoms with E-state index >= 15 is 0 Å². The number of carbonyl (C=O) groups is 1. The zero-order chi connectivity index (χ0) is 23.4. The maximum atomic E-state index is 13.3. The number of benzene rings is 3. The van der Waals surface area contributed by atoms with Crippen molar-refractivity contribution in [2.75, 3.05) is 15.3 Å². The first-order valence-corrected chi connectivity index (χ1v) is 11.2. The SMILES string of the molecule is Cc1c(Cl)c(C)c(C2=NON3N(C(=O)Nc4ccc(Cl)cc4)c4ccccc4N23)c(C)c1Cl. The van der Waals surface area contributed by atoms with E-state index in [1.165, 1.54) is 10.3 Å². The monoisotopic (exact) mass is 501 g/mol. The van der Waals surface area contributed by atoms with Crippen LogP contribution in [0.3, 0.4) is 0 Å². The molecule has 33 heavy (non-hydrogen) atoms. The van der Waals surface area contributed by atoms with E-state index in [1.54, 1.807) is 29.3 Å². The number of nitrogens with one attached hydrogen (secondary N) is 1. The molecule has 0 aliphatic carbocycles. The normalized spacial score (nSPS) is 14.7. The molecule has 10 heteroatoms. The summed E-state index contributed by atoms with van der Waals surface area (Å²) >= 11 is 19.1. The lowest BCUT2D eigenvalue weighted by atomic mass is 9.98. The third-order valence-corrected chi connectivity index (χ3v) is 7.05. The number of anilines is 3. The van der Waals surface area contributed by atoms with Crippen molar-refractivity contribution in [1.82, 2.24) is 5.28 Å². The van der Waals surface area contributed by atoms with E-state index in [0.29, 0.717) is 38.0 Å². The van der Waals surface area contributed by atoms with Gasteiger partial charge in [-0.2, -0.15) is 10.0 Å². The van der Waals surface area contributed by atoms with Crippen LogP contribution in [0.2, 0.25) is 15.1 Å². The molecule has 0 bridgehead atoms. The summed E-state index contributed by atoms with van der Waals surface area (Å²) in [5, 5.41) is 13.2. The number of fused-ring (bicyclic) bond motifs is 3. The fraction of sp³-hybridized carbons (Fsp3) is 0.130. The molecule has 168 valence electrons. The van der Waals surface area contributed by atoms with Gasteiger partial charge in [0.05, 0.1) is 16.7 Å². The van der Waals surface area contributed by atoms with Gasteiger partial charge in [0, 0.05) is 26.3 Å². The number of rotatable bonds is 2. The smallest absolute Gasteiger partial charge is 0.306 e. The van der Waals surface area contributed by atoms with Crippen molar-refractivity contribution in [2.45, 2.75) is 20.8 Å². The second kappa shape index (κ2) is 8.11. The van der Waals surface area contributed by atoms with Gasteiger partial charge in [0.2, 0.25) is 5.84 Å². The van der Waals surface area contributed by atoms with Gasteiger partial charge in [0.1, 0.15) is 0 Å². The number of carbonyl (C=O) groups excluding carboxylic acids is 1. The first-order valence-electron chi connectivity index (χ1n) is 10.1. The third-order valence-electron chi connectivity index (χ3n) is 5.66. The highest BCUT2D eigenvalue weighted by Crippen LogP contribution is 2.44. The quantitative estimate of drug-likeness (QED) is 0.415. The van der Waals surface area contributed by atoms with Crippen LogP contribution in [0.5, 0.6) is 0 Å². The molecule has 0 saturated heterocycles. The highest BCUT2D eigenvalue weighted by atomic mass is 35.5. The van der Waals surface area contributed by atoms with Crippen molar-refractivity contribution in [3.05, 3.63) is 85.9 Å². The molecule has 2 aliphatic heterocycles. The molecule has 0 saturated carbocycles. The van der Waals surface area contributed by atoms with Crippen LogP contribution in [0.1, 0.15) is 22.3 Å². The Bertz CT molecular complexity index is 1300. The Morgan fingerprint density at radius 3 is 2.12 bits per heavy atom. The summed E-state index contributed by atoms with van der Waals surface area (Å²) in [7, 11) is 0. The average Bonchev–Trinajstić information content (AvgIpc) is 3.36. The van der Waals surface area contributed by atoms with Gasteiger partial charge >= 0.3 is 6.03 Å². The predicted octanol–water partition coefficient (Wildman–Crippen LogP) is 6.87. The predicted molar refractivity (Wildman–Crippen MR) is 132 cm³/mol. The zero-order valence-corrected chi connectivity index (χ0v) is 20.1. The van der Waals surface area contributed by atoms with Crippen LogP contribution < -0.4 is 15.3 Å². The van der Waals surface area contributed by atoms with Gasteiger partial charge in [-0.15, -0.1) is 0 Å². The summed E-state index contributed by atoms with van der Waals surface area (Å²) in [6.45, 7) is 5.69. The number of para-hydroxylation sites is 2. The average molecular weight is 503 g/mol. The van der Waals surface area contributed by atoms with E-state index in [1.807, 2.05) is 45.0 Å². The first kappa shape index (κ1) is 21.9. The van der Waals surface area contributed by atoms with E-state index in [-0.39, 0.29) is 0 Å². The Balaban J connectivity index is 1.56. The van der Waals surface area contributed by atoms with Crippen molar-refractivity contribution in [1.29, 1.82) is 0 Å². The lowest BCUT2D eigenvalue weighted by Gasteiger charge is -2.25. The van der Waals surface area contributed by atoms with Gasteiger partial charge in [-0.3, -0.25) is 4.94 Å². The number of urea groups is 1. The van der Waals surface area contributed by atoms with Crippen molar-refractivity contribution in [2.24, 2.45) is 5.16 Å². The number of hydrogen-bond acceptors (Lipinski definition) is 5. The summed E-state index contributed by atoms with van der Waals surface area (Å²) < 4.78 is 0. The molecular weight excluding hydrogens is 485 g/mol. The van der Waals surface area contributed by atoms with Crippen molar-refractivity contribution < 1.29 is 9.73 Å². The molecule has 0 unspecified atom stereocenters. The Morgan fingerprint density at radius 1 is 0.879 bits per heavy atom. The molecule has 2 amide bonds. The molecule has 3 aromatic carbocycles. The van der Waals surface area contributed by atoms with Gasteiger partial charge in [-0.05, 0) is 79.0 Å². The van der Waals surface area contributed by atoms with Crippen LogP contribution in [0, 0.1) is 20.8 Å². The molecule has 3 aromatic rings. The highest BCUT2D eigenvalue weighted by Gasteiger charge is 2.47. The molecule has 2 aliphatic rings. The fourth-order valence-corrected chi connectivity index (χ4v) is 4.57. The van der Waals surface area contributed by atoms with E-state index in [2.05, 4.69) is 10.5 Å². The topological polar surface area (TPSA) is 60.4 Å². The second-order valence-electron chi connectivity index (χ2n) is 7.68. The fourth-order valence-electron chi connectivity index (χ4n) is 4.02. The van der Waals surface area contributed by atoms with E-state index in [4.69, 9.17) is 39.7 Å². The van der Waals surface area contributed by atoms with Gasteiger partial charge in [-0.25, -0.2) is 4.79 Å². The van der Waals surface area contributed by atoms with E-state index in [0.717, 1.165) is 22.3 Å². The van der Waals surface area contributed by atoms with Crippen molar-refractivity contribution in [3.8, 4) is 0 Å². The Labute approximate surface area is 205 Å². The lowest BCUT2D eigenvalue weighted by Crippen LogP contribution is -2.50. The number of nitrogens with zero attached hydrogens (tertiary/aromatic N) is 4. The molecule has 2 heterocycles. The van der Waals surface area contributed by atoms with Crippen LogP contribution in [-0.4, -0.2) is 17.1 Å². The van der Waals surface area contributed by atoms with Gasteiger partial charge in [-0.1, -0.05) is 46.9 Å². The van der Waals surface area contributed by atoms with Gasteiger partial charge in [0.25, 0.3) is 0 Å². The third kappa shape index (κ3) is 3.40. The minimum atomic E-state index is -0.433. The minimum absolute atomic E-state index is 0.433. The molecule has 5 rings (SSSR count). The Morgan fingerprint density at radius 2 is 1.48 bits per heavy atom. The molecule has 7 nitrogen and oxygen atoms in total. The van der Waals surface area contributed by atoms with Gasteiger partial charge in [0.15, 0.2) is 0 Å². The zero-order valence-electron chi connectivity index (χ0n) is 17.9. The molecule has 0 atom stereocenters. The number of oxime groups is 1. The number of halogens is 3. The first-order chi connectivity index (χ1) is 15.8. The minimum Gasteiger partial charge on any atom is -0.306 e. The maximum absolute atomic E-state index is 13.3. The van der Waals surface area contributed by atoms with Crippen molar-refractivity contribution >= 4 is 63.7 Å². The highest BCUT2D eigenvalue weighted by molar-refractivity contribution is 6.38. The molecule has 0 radical (unpaired) electrons. The van der Waals surface area contributed by atoms with E-state index < -0.39 is 6.03 Å².